The van der Waals surface area contributed by atoms with Crippen molar-refractivity contribution in [2.24, 2.45) is 0 Å². The van der Waals surface area contributed by atoms with Crippen LogP contribution in [-0.4, -0.2) is 63.1 Å². The van der Waals surface area contributed by atoms with Gasteiger partial charge in [-0.2, -0.15) is 0 Å². The van der Waals surface area contributed by atoms with Gasteiger partial charge in [0.25, 0.3) is 0 Å². The van der Waals surface area contributed by atoms with Crippen LogP contribution in [0.2, 0.25) is 0 Å². The van der Waals surface area contributed by atoms with Crippen LogP contribution in [0.15, 0.2) is 42.5 Å². The Balaban J connectivity index is 1.83. The summed E-state index contributed by atoms with van der Waals surface area (Å²) < 4.78 is 16.7. The number of hydrogen-bond donors (Lipinski definition) is 2. The number of nitrogens with one attached hydrogen (secondary N) is 1. The van der Waals surface area contributed by atoms with Gasteiger partial charge in [-0.05, 0) is 63.2 Å². The van der Waals surface area contributed by atoms with Crippen LogP contribution >= 0.6 is 0 Å². The van der Waals surface area contributed by atoms with E-state index in [4.69, 9.17) is 14.2 Å². The molecule has 1 unspecified atom stereocenters. The molecule has 0 saturated carbocycles. The van der Waals surface area contributed by atoms with Crippen LogP contribution < -0.4 is 19.5 Å². The lowest BCUT2D eigenvalue weighted by atomic mass is 10.1. The maximum atomic E-state index is 10.2. The summed E-state index contributed by atoms with van der Waals surface area (Å²) in [6.45, 7) is 6.56. The third-order valence-electron chi connectivity index (χ3n) is 5.13. The number of hydrogen-bond acceptors (Lipinski definition) is 6. The zero-order valence-corrected chi connectivity index (χ0v) is 18.9. The second-order valence-corrected chi connectivity index (χ2v) is 7.72. The maximum absolute atomic E-state index is 10.2. The van der Waals surface area contributed by atoms with Crippen LogP contribution in [0.25, 0.3) is 0 Å². The Morgan fingerprint density at radius 3 is 2.43 bits per heavy atom. The van der Waals surface area contributed by atoms with E-state index in [0.29, 0.717) is 24.1 Å². The predicted molar refractivity (Wildman–Crippen MR) is 121 cm³/mol. The topological polar surface area (TPSA) is 63.2 Å². The number of benzene rings is 2. The molecule has 0 aliphatic heterocycles. The fraction of sp³-hybridized carbons (Fsp3) is 0.500. The first kappa shape index (κ1) is 24.0. The van der Waals surface area contributed by atoms with Gasteiger partial charge in [-0.1, -0.05) is 24.3 Å². The highest BCUT2D eigenvalue weighted by atomic mass is 16.5. The van der Waals surface area contributed by atoms with Crippen molar-refractivity contribution in [1.82, 2.24) is 10.2 Å². The Labute approximate surface area is 180 Å². The largest absolute Gasteiger partial charge is 0.496 e. The minimum atomic E-state index is -0.557. The van der Waals surface area contributed by atoms with Gasteiger partial charge < -0.3 is 29.5 Å². The van der Waals surface area contributed by atoms with E-state index in [1.54, 1.807) is 14.2 Å². The zero-order valence-electron chi connectivity index (χ0n) is 18.9. The molecule has 2 N–H and O–H groups in total. The third kappa shape index (κ3) is 7.52. The normalized spacial score (nSPS) is 12.3. The van der Waals surface area contributed by atoms with Crippen molar-refractivity contribution >= 4 is 0 Å². The molecule has 0 heterocycles. The van der Waals surface area contributed by atoms with Gasteiger partial charge in [0.2, 0.25) is 0 Å². The molecule has 30 heavy (non-hydrogen) atoms. The van der Waals surface area contributed by atoms with Crippen LogP contribution in [0.3, 0.4) is 0 Å². The van der Waals surface area contributed by atoms with E-state index in [9.17, 15) is 5.11 Å². The molecule has 0 bridgehead atoms. The second kappa shape index (κ2) is 12.4. The van der Waals surface area contributed by atoms with Gasteiger partial charge in [0.15, 0.2) is 11.5 Å². The van der Waals surface area contributed by atoms with Gasteiger partial charge in [0.1, 0.15) is 18.5 Å². The van der Waals surface area contributed by atoms with Crippen LogP contribution in [0.5, 0.6) is 17.2 Å². The zero-order chi connectivity index (χ0) is 21.9. The standard InChI is InChI=1S/C24H36N2O4/c1-18(2)26(3)16-21(27)17-30-23-11-10-19(14-24(23)29-5)15-25-13-12-20-8-6-7-9-22(20)28-4/h6-11,14,18,21,25,27H,12-13,15-17H2,1-5H3. The summed E-state index contributed by atoms with van der Waals surface area (Å²) >= 11 is 0. The summed E-state index contributed by atoms with van der Waals surface area (Å²) in [4.78, 5) is 2.09. The average Bonchev–Trinajstić information content (AvgIpc) is 2.75. The molecule has 0 saturated heterocycles. The molecular formula is C24H36N2O4. The van der Waals surface area contributed by atoms with Crippen molar-refractivity contribution in [3.8, 4) is 17.2 Å². The van der Waals surface area contributed by atoms with E-state index >= 15 is 0 Å². The Morgan fingerprint density at radius 2 is 1.73 bits per heavy atom. The summed E-state index contributed by atoms with van der Waals surface area (Å²) in [5, 5.41) is 13.7. The molecule has 0 amide bonds. The van der Waals surface area contributed by atoms with Gasteiger partial charge >= 0.3 is 0 Å². The molecule has 1 atom stereocenters. The summed E-state index contributed by atoms with van der Waals surface area (Å²) in [6, 6.07) is 14.3. The van der Waals surface area contributed by atoms with Crippen LogP contribution in [0, 0.1) is 0 Å². The number of methoxy groups -OCH3 is 2. The van der Waals surface area contributed by atoms with E-state index in [0.717, 1.165) is 30.8 Å². The molecular weight excluding hydrogens is 380 g/mol. The molecule has 166 valence electrons. The van der Waals surface area contributed by atoms with E-state index in [-0.39, 0.29) is 6.61 Å². The summed E-state index contributed by atoms with van der Waals surface area (Å²) in [5.74, 6) is 2.23. The molecule has 0 aliphatic rings. The highest BCUT2D eigenvalue weighted by Crippen LogP contribution is 2.28. The van der Waals surface area contributed by atoms with E-state index in [2.05, 4.69) is 30.1 Å². The third-order valence-corrected chi connectivity index (χ3v) is 5.13. The van der Waals surface area contributed by atoms with Gasteiger partial charge in [-0.25, -0.2) is 0 Å². The predicted octanol–water partition coefficient (Wildman–Crippen LogP) is 3.12. The maximum Gasteiger partial charge on any atom is 0.161 e. The van der Waals surface area contributed by atoms with E-state index in [1.165, 1.54) is 5.56 Å². The Morgan fingerprint density at radius 1 is 1.00 bits per heavy atom. The number of para-hydroxylation sites is 1. The fourth-order valence-corrected chi connectivity index (χ4v) is 3.09. The minimum Gasteiger partial charge on any atom is -0.496 e. The lowest BCUT2D eigenvalue weighted by molar-refractivity contribution is 0.0668. The monoisotopic (exact) mass is 416 g/mol. The van der Waals surface area contributed by atoms with Gasteiger partial charge in [-0.3, -0.25) is 0 Å². The molecule has 0 aliphatic carbocycles. The molecule has 2 aromatic carbocycles. The first-order valence-corrected chi connectivity index (χ1v) is 10.4. The van der Waals surface area contributed by atoms with Crippen molar-refractivity contribution in [2.45, 2.75) is 39.0 Å². The SMILES string of the molecule is COc1ccccc1CCNCc1ccc(OCC(O)CN(C)C(C)C)c(OC)c1. The molecule has 0 spiro atoms. The first-order valence-electron chi connectivity index (χ1n) is 10.4. The van der Waals surface area contributed by atoms with Crippen molar-refractivity contribution in [2.75, 3.05) is 41.0 Å². The Bertz CT molecular complexity index is 767. The number of ether oxygens (including phenoxy) is 3. The van der Waals surface area contributed by atoms with Gasteiger partial charge in [0.05, 0.1) is 14.2 Å². The lowest BCUT2D eigenvalue weighted by Crippen LogP contribution is -2.36. The smallest absolute Gasteiger partial charge is 0.161 e. The number of aliphatic hydroxyl groups excluding tert-OH is 1. The quantitative estimate of drug-likeness (QED) is 0.489. The fourth-order valence-electron chi connectivity index (χ4n) is 3.09. The lowest BCUT2D eigenvalue weighted by Gasteiger charge is -2.24. The minimum absolute atomic E-state index is 0.226. The number of likely N-dealkylation sites (N-methyl/N-ethyl adjacent to an activating group) is 1. The van der Waals surface area contributed by atoms with Crippen LogP contribution in [-0.2, 0) is 13.0 Å². The molecule has 0 aromatic heterocycles. The second-order valence-electron chi connectivity index (χ2n) is 7.72. The number of nitrogens with zero attached hydrogens (tertiary/aromatic N) is 1. The van der Waals surface area contributed by atoms with Crippen molar-refractivity contribution in [3.63, 3.8) is 0 Å². The molecule has 2 aromatic rings. The Hall–Kier alpha value is -2.28. The summed E-state index contributed by atoms with van der Waals surface area (Å²) in [5.41, 5.74) is 2.30. The highest BCUT2D eigenvalue weighted by molar-refractivity contribution is 5.43. The highest BCUT2D eigenvalue weighted by Gasteiger charge is 2.13. The Kier molecular flexibility index (Phi) is 9.94. The van der Waals surface area contributed by atoms with Crippen molar-refractivity contribution in [3.05, 3.63) is 53.6 Å². The molecule has 2 rings (SSSR count). The number of rotatable bonds is 13. The molecule has 0 fully saturated rings. The van der Waals surface area contributed by atoms with E-state index < -0.39 is 6.10 Å². The number of aliphatic hydroxyl groups is 1. The molecule has 6 heteroatoms. The summed E-state index contributed by atoms with van der Waals surface area (Å²) in [6.07, 6.45) is 0.337. The van der Waals surface area contributed by atoms with Gasteiger partial charge in [-0.15, -0.1) is 0 Å². The van der Waals surface area contributed by atoms with Crippen molar-refractivity contribution < 1.29 is 19.3 Å². The van der Waals surface area contributed by atoms with Gasteiger partial charge in [0, 0.05) is 19.1 Å². The first-order chi connectivity index (χ1) is 14.4. The molecule has 6 nitrogen and oxygen atoms in total. The van der Waals surface area contributed by atoms with Crippen molar-refractivity contribution in [1.29, 1.82) is 0 Å². The van der Waals surface area contributed by atoms with E-state index in [1.807, 2.05) is 43.4 Å². The average molecular weight is 417 g/mol. The molecule has 0 radical (unpaired) electrons. The van der Waals surface area contributed by atoms with Crippen LogP contribution in [0.4, 0.5) is 0 Å². The van der Waals surface area contributed by atoms with Crippen LogP contribution in [0.1, 0.15) is 25.0 Å². The summed E-state index contributed by atoms with van der Waals surface area (Å²) in [7, 11) is 5.32.